The second-order valence-electron chi connectivity index (χ2n) is 5.97. The molecule has 1 amide bonds. The Labute approximate surface area is 141 Å². The number of nitrogens with one attached hydrogen (secondary N) is 2. The number of benzene rings is 1. The molecule has 1 saturated heterocycles. The Bertz CT molecular complexity index is 841. The molecule has 0 aliphatic carbocycles. The Balaban J connectivity index is 2.08. The van der Waals surface area contributed by atoms with Gasteiger partial charge >= 0.3 is 0 Å². The molecule has 1 aliphatic heterocycles. The molecule has 1 aromatic carbocycles. The predicted molar refractivity (Wildman–Crippen MR) is 96.6 cm³/mol. The van der Waals surface area contributed by atoms with Crippen LogP contribution >= 0.6 is 12.2 Å². The molecule has 0 saturated carbocycles. The van der Waals surface area contributed by atoms with Crippen molar-refractivity contribution >= 4 is 29.3 Å². The number of hydrogen-bond donors (Lipinski definition) is 2. The van der Waals surface area contributed by atoms with Gasteiger partial charge in [0.2, 0.25) is 0 Å². The highest BCUT2D eigenvalue weighted by atomic mass is 32.1. The smallest absolute Gasteiger partial charge is 0.273 e. The topological polar surface area (TPSA) is 46.1 Å². The van der Waals surface area contributed by atoms with E-state index in [4.69, 9.17) is 12.2 Å². The van der Waals surface area contributed by atoms with E-state index in [0.717, 1.165) is 22.6 Å². The molecular weight excluding hydrogens is 306 g/mol. The van der Waals surface area contributed by atoms with Gasteiger partial charge < -0.3 is 9.88 Å². The highest BCUT2D eigenvalue weighted by Crippen LogP contribution is 2.24. The molecule has 4 nitrogen and oxygen atoms in total. The van der Waals surface area contributed by atoms with Crippen molar-refractivity contribution in [1.29, 1.82) is 0 Å². The van der Waals surface area contributed by atoms with Crippen LogP contribution in [0.4, 0.5) is 0 Å². The van der Waals surface area contributed by atoms with Crippen LogP contribution in [0.25, 0.3) is 11.8 Å². The molecule has 5 heteroatoms. The molecule has 0 unspecified atom stereocenters. The molecule has 2 heterocycles. The Kier molecular flexibility index (Phi) is 3.82. The Hall–Kier alpha value is -2.40. The lowest BCUT2D eigenvalue weighted by atomic mass is 10.1. The molecule has 0 atom stereocenters. The number of aryl methyl sites for hydroxylation is 3. The summed E-state index contributed by atoms with van der Waals surface area (Å²) in [5.41, 5.74) is 7.30. The molecule has 1 fully saturated rings. The number of nitrogens with zero attached hydrogens (tertiary/aromatic N) is 1. The number of carbonyl (C=O) groups excluding carboxylic acids is 1. The van der Waals surface area contributed by atoms with Gasteiger partial charge in [-0.1, -0.05) is 6.07 Å². The lowest BCUT2D eigenvalue weighted by Crippen LogP contribution is -2.21. The molecule has 3 rings (SSSR count). The van der Waals surface area contributed by atoms with Crippen molar-refractivity contribution < 1.29 is 4.79 Å². The molecule has 1 aliphatic rings. The van der Waals surface area contributed by atoms with Crippen molar-refractivity contribution in [3.63, 3.8) is 0 Å². The van der Waals surface area contributed by atoms with E-state index < -0.39 is 0 Å². The molecular formula is C18H19N3OS. The second-order valence-corrected chi connectivity index (χ2v) is 6.38. The van der Waals surface area contributed by atoms with Gasteiger partial charge in [0.25, 0.3) is 5.91 Å². The van der Waals surface area contributed by atoms with Crippen molar-refractivity contribution in [2.75, 3.05) is 0 Å². The number of aromatic nitrogens is 1. The molecule has 0 radical (unpaired) electrons. The maximum absolute atomic E-state index is 11.8. The van der Waals surface area contributed by atoms with Gasteiger partial charge in [0, 0.05) is 17.1 Å². The number of thiocarbonyl (C=S) groups is 1. The summed E-state index contributed by atoms with van der Waals surface area (Å²) >= 11 is 4.97. The first kappa shape index (κ1) is 15.5. The van der Waals surface area contributed by atoms with E-state index in [1.807, 2.05) is 6.08 Å². The van der Waals surface area contributed by atoms with Crippen molar-refractivity contribution in [2.24, 2.45) is 0 Å². The first-order valence-corrected chi connectivity index (χ1v) is 7.87. The fraction of sp³-hybridized carbons (Fsp3) is 0.222. The highest BCUT2D eigenvalue weighted by Gasteiger charge is 2.21. The van der Waals surface area contributed by atoms with Gasteiger partial charge in [0.1, 0.15) is 5.70 Å². The summed E-state index contributed by atoms with van der Waals surface area (Å²) in [5.74, 6) is -0.189. The first-order chi connectivity index (χ1) is 10.8. The SMILES string of the molecule is Cc1cc(C)cc(-n2c(C)cc(/C=C3\NC(=S)NC3=O)c2C)c1. The molecule has 2 aromatic rings. The summed E-state index contributed by atoms with van der Waals surface area (Å²) < 4.78 is 2.21. The van der Waals surface area contributed by atoms with Crippen molar-refractivity contribution in [1.82, 2.24) is 15.2 Å². The first-order valence-electron chi connectivity index (χ1n) is 7.47. The summed E-state index contributed by atoms with van der Waals surface area (Å²) in [7, 11) is 0. The van der Waals surface area contributed by atoms with Crippen LogP contribution in [0.2, 0.25) is 0 Å². The highest BCUT2D eigenvalue weighted by molar-refractivity contribution is 7.80. The fourth-order valence-corrected chi connectivity index (χ4v) is 3.25. The van der Waals surface area contributed by atoms with Crippen molar-refractivity contribution in [3.8, 4) is 5.69 Å². The van der Waals surface area contributed by atoms with E-state index >= 15 is 0 Å². The van der Waals surface area contributed by atoms with Crippen LogP contribution in [-0.4, -0.2) is 15.6 Å². The van der Waals surface area contributed by atoms with Crippen LogP contribution in [0.15, 0.2) is 30.0 Å². The standard InChI is InChI=1S/C18H19N3OS/c1-10-5-11(2)7-15(6-10)21-12(3)8-14(13(21)4)9-16-17(22)20-18(23)19-16/h5-9H,1-4H3,(H2,19,20,22,23)/b16-9-. The lowest BCUT2D eigenvalue weighted by Gasteiger charge is -2.12. The molecule has 1 aromatic heterocycles. The molecule has 0 bridgehead atoms. The second kappa shape index (κ2) is 5.66. The maximum atomic E-state index is 11.8. The summed E-state index contributed by atoms with van der Waals surface area (Å²) in [6.45, 7) is 8.32. The van der Waals surface area contributed by atoms with Gasteiger partial charge in [-0.2, -0.15) is 0 Å². The van der Waals surface area contributed by atoms with Crippen LogP contribution < -0.4 is 10.6 Å². The Morgan fingerprint density at radius 3 is 2.22 bits per heavy atom. The van der Waals surface area contributed by atoms with E-state index in [9.17, 15) is 4.79 Å². The van der Waals surface area contributed by atoms with E-state index in [-0.39, 0.29) is 5.91 Å². The number of rotatable bonds is 2. The van der Waals surface area contributed by atoms with Gasteiger partial charge in [-0.3, -0.25) is 10.1 Å². The number of amides is 1. The average Bonchev–Trinajstić information content (AvgIpc) is 2.88. The molecule has 118 valence electrons. The normalized spacial score (nSPS) is 15.9. The average molecular weight is 325 g/mol. The van der Waals surface area contributed by atoms with E-state index in [1.54, 1.807) is 0 Å². The van der Waals surface area contributed by atoms with Crippen LogP contribution in [0.5, 0.6) is 0 Å². The van der Waals surface area contributed by atoms with Crippen LogP contribution in [0.3, 0.4) is 0 Å². The van der Waals surface area contributed by atoms with E-state index in [1.165, 1.54) is 11.1 Å². The molecule has 23 heavy (non-hydrogen) atoms. The zero-order valence-corrected chi connectivity index (χ0v) is 14.5. The van der Waals surface area contributed by atoms with Gasteiger partial charge in [-0.25, -0.2) is 0 Å². The predicted octanol–water partition coefficient (Wildman–Crippen LogP) is 3.06. The van der Waals surface area contributed by atoms with Crippen LogP contribution in [-0.2, 0) is 4.79 Å². The summed E-state index contributed by atoms with van der Waals surface area (Å²) in [5, 5.41) is 5.82. The Morgan fingerprint density at radius 2 is 1.65 bits per heavy atom. The van der Waals surface area contributed by atoms with Crippen LogP contribution in [0.1, 0.15) is 28.1 Å². The zero-order chi connectivity index (χ0) is 16.7. The van der Waals surface area contributed by atoms with Gasteiger partial charge in [0.05, 0.1) is 0 Å². The van der Waals surface area contributed by atoms with Gasteiger partial charge in [-0.15, -0.1) is 0 Å². The Morgan fingerprint density at radius 1 is 1.00 bits per heavy atom. The van der Waals surface area contributed by atoms with Gasteiger partial charge in [0.15, 0.2) is 5.11 Å². The lowest BCUT2D eigenvalue weighted by molar-refractivity contribution is -0.115. The third kappa shape index (κ3) is 2.92. The molecule has 0 spiro atoms. The minimum absolute atomic E-state index is 0.189. The quantitative estimate of drug-likeness (QED) is 0.659. The monoisotopic (exact) mass is 325 g/mol. The zero-order valence-electron chi connectivity index (χ0n) is 13.7. The van der Waals surface area contributed by atoms with Gasteiger partial charge in [-0.05, 0) is 80.9 Å². The maximum Gasteiger partial charge on any atom is 0.273 e. The fourth-order valence-electron chi connectivity index (χ4n) is 3.05. The third-order valence-electron chi connectivity index (χ3n) is 3.95. The van der Waals surface area contributed by atoms with Crippen LogP contribution in [0, 0.1) is 27.7 Å². The third-order valence-corrected chi connectivity index (χ3v) is 4.16. The summed E-state index contributed by atoms with van der Waals surface area (Å²) in [6.07, 6.45) is 1.84. The minimum Gasteiger partial charge on any atom is -0.328 e. The van der Waals surface area contributed by atoms with Crippen molar-refractivity contribution in [3.05, 3.63) is 58.0 Å². The van der Waals surface area contributed by atoms with E-state index in [0.29, 0.717) is 10.8 Å². The number of hydrogen-bond acceptors (Lipinski definition) is 2. The minimum atomic E-state index is -0.189. The number of carbonyl (C=O) groups is 1. The molecule has 2 N–H and O–H groups in total. The van der Waals surface area contributed by atoms with E-state index in [2.05, 4.69) is 67.2 Å². The van der Waals surface area contributed by atoms with Crippen molar-refractivity contribution in [2.45, 2.75) is 27.7 Å². The largest absolute Gasteiger partial charge is 0.328 e. The summed E-state index contributed by atoms with van der Waals surface area (Å²) in [4.78, 5) is 11.8. The summed E-state index contributed by atoms with van der Waals surface area (Å²) in [6, 6.07) is 8.57.